The zero-order valence-electron chi connectivity index (χ0n) is 9.52. The third kappa shape index (κ3) is 2.25. The molecule has 0 bridgehead atoms. The summed E-state index contributed by atoms with van der Waals surface area (Å²) in [5.41, 5.74) is 1.95. The van der Waals surface area contributed by atoms with Gasteiger partial charge in [0.25, 0.3) is 5.91 Å². The van der Waals surface area contributed by atoms with E-state index in [0.29, 0.717) is 25.1 Å². The predicted molar refractivity (Wildman–Crippen MR) is 62.3 cm³/mol. The van der Waals surface area contributed by atoms with Crippen LogP contribution in [0.1, 0.15) is 29.3 Å². The summed E-state index contributed by atoms with van der Waals surface area (Å²) in [7, 11) is 0. The molecule has 0 unspecified atom stereocenters. The molecule has 0 aromatic heterocycles. The first-order valence-electron chi connectivity index (χ1n) is 5.77. The van der Waals surface area contributed by atoms with Crippen molar-refractivity contribution < 1.29 is 9.90 Å². The van der Waals surface area contributed by atoms with E-state index in [9.17, 15) is 9.90 Å². The lowest BCUT2D eigenvalue weighted by Crippen LogP contribution is -2.29. The molecular weight excluding hydrogens is 202 g/mol. The molecule has 86 valence electrons. The Morgan fingerprint density at radius 1 is 1.44 bits per heavy atom. The van der Waals surface area contributed by atoms with Crippen LogP contribution < -0.4 is 0 Å². The van der Waals surface area contributed by atoms with Crippen molar-refractivity contribution in [3.05, 3.63) is 35.4 Å². The van der Waals surface area contributed by atoms with Gasteiger partial charge in [0, 0.05) is 18.7 Å². The van der Waals surface area contributed by atoms with Crippen LogP contribution in [0.15, 0.2) is 24.3 Å². The first kappa shape index (κ1) is 11.1. The van der Waals surface area contributed by atoms with Crippen LogP contribution >= 0.6 is 0 Å². The summed E-state index contributed by atoms with van der Waals surface area (Å²) in [5, 5.41) is 9.38. The molecule has 16 heavy (non-hydrogen) atoms. The number of aliphatic hydroxyl groups is 1. The highest BCUT2D eigenvalue weighted by atomic mass is 16.3. The molecule has 1 aromatic rings. The summed E-state index contributed by atoms with van der Waals surface area (Å²) in [6, 6.07) is 7.71. The number of amides is 1. The summed E-state index contributed by atoms with van der Waals surface area (Å²) in [5.74, 6) is 0.0270. The van der Waals surface area contributed by atoms with Gasteiger partial charge >= 0.3 is 0 Å². The molecule has 2 rings (SSSR count). The maximum Gasteiger partial charge on any atom is 0.253 e. The second-order valence-electron chi connectivity index (χ2n) is 4.24. The Bertz CT molecular complexity index is 372. The second kappa shape index (κ2) is 4.66. The van der Waals surface area contributed by atoms with E-state index in [1.807, 2.05) is 24.3 Å². The fourth-order valence-electron chi connectivity index (χ4n) is 1.99. The fourth-order valence-corrected chi connectivity index (χ4v) is 1.99. The van der Waals surface area contributed by atoms with Crippen molar-refractivity contribution in [2.24, 2.45) is 0 Å². The van der Waals surface area contributed by atoms with Gasteiger partial charge in [-0.3, -0.25) is 4.79 Å². The van der Waals surface area contributed by atoms with Gasteiger partial charge in [-0.25, -0.2) is 0 Å². The number of β-amino-alcohol motifs (C(OH)–C–C–N with tert-alkyl or cyclic N) is 1. The standard InChI is InChI=1S/C13H17NO2/c1-2-10-3-5-11(6-4-10)13(16)14-8-7-12(15)9-14/h3-6,12,15H,2,7-9H2,1H3/t12-/m0/s1. The number of hydrogen-bond donors (Lipinski definition) is 1. The third-order valence-electron chi connectivity index (χ3n) is 3.06. The average molecular weight is 219 g/mol. The van der Waals surface area contributed by atoms with E-state index in [4.69, 9.17) is 0 Å². The number of hydrogen-bond acceptors (Lipinski definition) is 2. The molecule has 0 saturated carbocycles. The lowest BCUT2D eigenvalue weighted by atomic mass is 10.1. The Morgan fingerprint density at radius 3 is 2.62 bits per heavy atom. The highest BCUT2D eigenvalue weighted by Crippen LogP contribution is 2.14. The van der Waals surface area contributed by atoms with Crippen LogP contribution in [-0.2, 0) is 6.42 Å². The minimum Gasteiger partial charge on any atom is -0.391 e. The molecule has 1 aliphatic heterocycles. The summed E-state index contributed by atoms with van der Waals surface area (Å²) >= 11 is 0. The van der Waals surface area contributed by atoms with E-state index in [1.165, 1.54) is 5.56 Å². The molecule has 0 aliphatic carbocycles. The smallest absolute Gasteiger partial charge is 0.253 e. The number of aryl methyl sites for hydroxylation is 1. The minimum absolute atomic E-state index is 0.0270. The second-order valence-corrected chi connectivity index (χ2v) is 4.24. The minimum atomic E-state index is -0.348. The van der Waals surface area contributed by atoms with E-state index < -0.39 is 0 Å². The Morgan fingerprint density at radius 2 is 2.12 bits per heavy atom. The highest BCUT2D eigenvalue weighted by Gasteiger charge is 2.25. The van der Waals surface area contributed by atoms with Gasteiger partial charge in [-0.2, -0.15) is 0 Å². The number of rotatable bonds is 2. The van der Waals surface area contributed by atoms with Gasteiger partial charge < -0.3 is 10.0 Å². The SMILES string of the molecule is CCc1ccc(C(=O)N2CC[C@H](O)C2)cc1. The van der Waals surface area contributed by atoms with E-state index >= 15 is 0 Å². The van der Waals surface area contributed by atoms with Crippen LogP contribution in [0.2, 0.25) is 0 Å². The average Bonchev–Trinajstić information content (AvgIpc) is 2.75. The fraction of sp³-hybridized carbons (Fsp3) is 0.462. The van der Waals surface area contributed by atoms with Crippen LogP contribution in [0.3, 0.4) is 0 Å². The number of likely N-dealkylation sites (tertiary alicyclic amines) is 1. The van der Waals surface area contributed by atoms with Crippen molar-refractivity contribution in [1.82, 2.24) is 4.90 Å². The summed E-state index contributed by atoms with van der Waals surface area (Å²) in [6.45, 7) is 3.22. The molecule has 1 amide bonds. The number of aliphatic hydroxyl groups excluding tert-OH is 1. The van der Waals surface area contributed by atoms with E-state index in [-0.39, 0.29) is 12.0 Å². The van der Waals surface area contributed by atoms with Crippen molar-refractivity contribution >= 4 is 5.91 Å². The Hall–Kier alpha value is -1.35. The molecule has 3 heteroatoms. The molecule has 1 heterocycles. The van der Waals surface area contributed by atoms with Gasteiger partial charge in [0.1, 0.15) is 0 Å². The van der Waals surface area contributed by atoms with Gasteiger partial charge in [-0.1, -0.05) is 19.1 Å². The van der Waals surface area contributed by atoms with Gasteiger partial charge in [0.05, 0.1) is 6.10 Å². The number of benzene rings is 1. The summed E-state index contributed by atoms with van der Waals surface area (Å²) < 4.78 is 0. The lowest BCUT2D eigenvalue weighted by molar-refractivity contribution is 0.0765. The maximum absolute atomic E-state index is 12.0. The molecule has 0 spiro atoms. The first-order valence-corrected chi connectivity index (χ1v) is 5.77. The van der Waals surface area contributed by atoms with Crippen LogP contribution in [0.4, 0.5) is 0 Å². The van der Waals surface area contributed by atoms with Crippen molar-refractivity contribution in [3.8, 4) is 0 Å². The highest BCUT2D eigenvalue weighted by molar-refractivity contribution is 5.94. The van der Waals surface area contributed by atoms with Crippen molar-refractivity contribution in [2.45, 2.75) is 25.9 Å². The van der Waals surface area contributed by atoms with Gasteiger partial charge in [0.15, 0.2) is 0 Å². The molecule has 1 atom stereocenters. The quantitative estimate of drug-likeness (QED) is 0.818. The van der Waals surface area contributed by atoms with Gasteiger partial charge in [0.2, 0.25) is 0 Å². The number of carbonyl (C=O) groups excluding carboxylic acids is 1. The summed E-state index contributed by atoms with van der Waals surface area (Å²) in [4.78, 5) is 13.7. The predicted octanol–water partition coefficient (Wildman–Crippen LogP) is 1.46. The van der Waals surface area contributed by atoms with Gasteiger partial charge in [-0.15, -0.1) is 0 Å². The molecule has 3 nitrogen and oxygen atoms in total. The molecule has 1 N–H and O–H groups in total. The van der Waals surface area contributed by atoms with Crippen LogP contribution in [0.25, 0.3) is 0 Å². The Labute approximate surface area is 95.7 Å². The summed E-state index contributed by atoms with van der Waals surface area (Å²) in [6.07, 6.45) is 1.33. The van der Waals surface area contributed by atoms with Gasteiger partial charge in [-0.05, 0) is 30.5 Å². The third-order valence-corrected chi connectivity index (χ3v) is 3.06. The number of nitrogens with zero attached hydrogens (tertiary/aromatic N) is 1. The van der Waals surface area contributed by atoms with E-state index in [0.717, 1.165) is 6.42 Å². The molecule has 1 fully saturated rings. The first-order chi connectivity index (χ1) is 7.70. The van der Waals surface area contributed by atoms with Crippen molar-refractivity contribution in [1.29, 1.82) is 0 Å². The zero-order valence-corrected chi connectivity index (χ0v) is 9.52. The molecule has 1 aromatic carbocycles. The van der Waals surface area contributed by atoms with Crippen LogP contribution in [-0.4, -0.2) is 35.1 Å². The van der Waals surface area contributed by atoms with Crippen LogP contribution in [0, 0.1) is 0 Å². The van der Waals surface area contributed by atoms with Crippen molar-refractivity contribution in [2.75, 3.05) is 13.1 Å². The maximum atomic E-state index is 12.0. The van der Waals surface area contributed by atoms with Crippen LogP contribution in [0.5, 0.6) is 0 Å². The molecule has 0 radical (unpaired) electrons. The number of carbonyl (C=O) groups is 1. The monoisotopic (exact) mass is 219 g/mol. The molecular formula is C13H17NO2. The van der Waals surface area contributed by atoms with E-state index in [1.54, 1.807) is 4.90 Å². The normalized spacial score (nSPS) is 20.1. The van der Waals surface area contributed by atoms with Crippen molar-refractivity contribution in [3.63, 3.8) is 0 Å². The van der Waals surface area contributed by atoms with E-state index in [2.05, 4.69) is 6.92 Å². The lowest BCUT2D eigenvalue weighted by Gasteiger charge is -2.15. The zero-order chi connectivity index (χ0) is 11.5. The molecule has 1 aliphatic rings. The molecule has 1 saturated heterocycles. The Kier molecular flexibility index (Phi) is 3.25. The topological polar surface area (TPSA) is 40.5 Å². The largest absolute Gasteiger partial charge is 0.391 e. The Balaban J connectivity index is 2.08.